The lowest BCUT2D eigenvalue weighted by Gasteiger charge is -2.26. The molecule has 10 aromatic rings. The molecule has 0 bridgehead atoms. The first-order valence-electron chi connectivity index (χ1n) is 20.5. The van der Waals surface area contributed by atoms with Crippen molar-refractivity contribution in [3.8, 4) is 40.5 Å². The first-order chi connectivity index (χ1) is 30.6. The van der Waals surface area contributed by atoms with E-state index in [1.54, 1.807) is 36.4 Å². The second kappa shape index (κ2) is 15.8. The molecule has 10 aromatic carbocycles. The van der Waals surface area contributed by atoms with Gasteiger partial charge in [0.1, 0.15) is 0 Å². The van der Waals surface area contributed by atoms with Crippen molar-refractivity contribution in [2.24, 2.45) is 0 Å². The minimum Gasteiger partial charge on any atom is -0.237 e. The van der Waals surface area contributed by atoms with Gasteiger partial charge in [-0.05, 0) is 61.6 Å². The van der Waals surface area contributed by atoms with Gasteiger partial charge in [0, 0.05) is 16.7 Å². The zero-order valence-corrected chi connectivity index (χ0v) is 33.4. The Morgan fingerprint density at radius 3 is 1.08 bits per heavy atom. The van der Waals surface area contributed by atoms with E-state index in [2.05, 4.69) is 157 Å². The predicted octanol–water partition coefficient (Wildman–Crippen LogP) is 9.12. The van der Waals surface area contributed by atoms with E-state index < -0.39 is 0 Å². The summed E-state index contributed by atoms with van der Waals surface area (Å²) in [5.74, 6) is 0. The number of hydrogen-bond donors (Lipinski definition) is 0. The number of benzene rings is 10. The summed E-state index contributed by atoms with van der Waals surface area (Å²) in [6, 6.07) is 72.9. The van der Waals surface area contributed by atoms with Crippen LogP contribution < -0.4 is 32.8 Å². The maximum Gasteiger partial charge on any atom is 0.242 e. The van der Waals surface area contributed by atoms with Gasteiger partial charge in [0.25, 0.3) is 0 Å². The van der Waals surface area contributed by atoms with Gasteiger partial charge in [-0.15, -0.1) is 0 Å². The summed E-state index contributed by atoms with van der Waals surface area (Å²) in [6.45, 7) is 7.90. The molecule has 0 aliphatic heterocycles. The van der Waals surface area contributed by atoms with E-state index in [9.17, 15) is 15.8 Å². The van der Waals surface area contributed by atoms with Crippen LogP contribution in [0.2, 0.25) is 0 Å². The lowest BCUT2D eigenvalue weighted by molar-refractivity contribution is 1.45. The van der Waals surface area contributed by atoms with Crippen molar-refractivity contribution in [2.45, 2.75) is 0 Å². The molecule has 0 aliphatic carbocycles. The van der Waals surface area contributed by atoms with Gasteiger partial charge < -0.3 is 0 Å². The van der Waals surface area contributed by atoms with E-state index in [0.717, 1.165) is 76.2 Å². The number of nitriles is 3. The minimum absolute atomic E-state index is 0.212. The third kappa shape index (κ3) is 6.16. The third-order valence-corrected chi connectivity index (χ3v) is 12.2. The van der Waals surface area contributed by atoms with Crippen LogP contribution in [0.1, 0.15) is 16.7 Å². The molecule has 0 aliphatic rings. The molecule has 0 saturated carbocycles. The smallest absolute Gasteiger partial charge is 0.237 e. The van der Waals surface area contributed by atoms with Crippen molar-refractivity contribution in [2.75, 3.05) is 0 Å². The Balaban J connectivity index is 1.46. The summed E-state index contributed by atoms with van der Waals surface area (Å²) >= 11 is 0. The van der Waals surface area contributed by atoms with Gasteiger partial charge in [-0.2, -0.15) is 15.8 Å². The normalized spacial score (nSPS) is 10.8. The predicted molar refractivity (Wildman–Crippen MR) is 257 cm³/mol. The number of nitrogens with zero attached hydrogens (tertiary/aromatic N) is 4. The highest BCUT2D eigenvalue weighted by Crippen LogP contribution is 2.45. The topological polar surface area (TPSA) is 75.7 Å². The SMILES string of the molecule is [C-]#[N+]c1cccc(C#N)c1-c1cc(B(c2ccccc2)c2ccccc2)c2ccc3c(-c4c(C#N)cccc4C#N)cc(B(c4ccccc4)c4ccccc4)c4ccc1c2c43. The molecule has 282 valence electrons. The molecule has 0 heterocycles. The molecule has 0 aromatic heterocycles. The van der Waals surface area contributed by atoms with E-state index in [4.69, 9.17) is 6.57 Å². The average molecular weight is 783 g/mol. The van der Waals surface area contributed by atoms with Crippen molar-refractivity contribution in [1.29, 1.82) is 15.8 Å². The highest BCUT2D eigenvalue weighted by Gasteiger charge is 2.31. The van der Waals surface area contributed by atoms with Crippen LogP contribution in [-0.4, -0.2) is 13.4 Å². The van der Waals surface area contributed by atoms with Gasteiger partial charge in [0.2, 0.25) is 13.4 Å². The molecule has 6 heteroatoms. The first-order valence-corrected chi connectivity index (χ1v) is 20.5. The van der Waals surface area contributed by atoms with Gasteiger partial charge in [-0.1, -0.05) is 209 Å². The Morgan fingerprint density at radius 2 is 0.710 bits per heavy atom. The molecular weight excluding hydrogens is 750 g/mol. The highest BCUT2D eigenvalue weighted by molar-refractivity contribution is 6.98. The zero-order chi connectivity index (χ0) is 42.2. The fourth-order valence-corrected chi connectivity index (χ4v) is 9.66. The molecular formula is C56H32B2N4. The van der Waals surface area contributed by atoms with E-state index in [0.29, 0.717) is 33.5 Å². The van der Waals surface area contributed by atoms with Gasteiger partial charge >= 0.3 is 0 Å². The van der Waals surface area contributed by atoms with Crippen LogP contribution in [0, 0.1) is 40.6 Å². The molecule has 10 rings (SSSR count). The van der Waals surface area contributed by atoms with Crippen molar-refractivity contribution in [3.63, 3.8) is 0 Å². The van der Waals surface area contributed by atoms with Crippen LogP contribution in [0.25, 0.3) is 59.4 Å². The largest absolute Gasteiger partial charge is 0.242 e. The number of rotatable bonds is 8. The molecule has 4 nitrogen and oxygen atoms in total. The zero-order valence-electron chi connectivity index (χ0n) is 33.4. The molecule has 0 atom stereocenters. The van der Waals surface area contributed by atoms with Crippen LogP contribution in [0.4, 0.5) is 5.69 Å². The standard InChI is InChI=1S/C56H32B2N4/c1-62-52-27-15-18-39(36-61)54(52)49-33-51(58(42-23-10-4-11-24-42)43-25-12-5-13-26-43)47-30-28-44-48(53-37(34-59)16-14-17-38(53)35-60)32-50(46-31-29-45(49)56(47)55(44)46)57(40-19-6-2-7-20-40)41-21-8-3-9-22-41/h2-33H. The van der Waals surface area contributed by atoms with Crippen LogP contribution in [-0.2, 0) is 0 Å². The van der Waals surface area contributed by atoms with E-state index >= 15 is 0 Å². The minimum atomic E-state index is -0.214. The Kier molecular flexibility index (Phi) is 9.60. The lowest BCUT2D eigenvalue weighted by atomic mass is 9.35. The van der Waals surface area contributed by atoms with Crippen molar-refractivity contribution >= 4 is 84.2 Å². The molecule has 0 fully saturated rings. The molecule has 0 spiro atoms. The summed E-state index contributed by atoms with van der Waals surface area (Å²) in [4.78, 5) is 3.99. The summed E-state index contributed by atoms with van der Waals surface area (Å²) in [5.41, 5.74) is 10.9. The molecule has 0 N–H and O–H groups in total. The first kappa shape index (κ1) is 37.6. The Bertz CT molecular complexity index is 3130. The van der Waals surface area contributed by atoms with Crippen molar-refractivity contribution in [3.05, 3.63) is 222 Å². The Morgan fingerprint density at radius 1 is 0.371 bits per heavy atom. The quantitative estimate of drug-likeness (QED) is 0.0877. The molecule has 0 saturated heterocycles. The van der Waals surface area contributed by atoms with Gasteiger partial charge in [-0.25, -0.2) is 4.85 Å². The summed E-state index contributed by atoms with van der Waals surface area (Å²) < 4.78 is 0. The molecule has 0 unspecified atom stereocenters. The second-order valence-corrected chi connectivity index (χ2v) is 15.5. The van der Waals surface area contributed by atoms with Gasteiger partial charge in [-0.3, -0.25) is 0 Å². The average Bonchev–Trinajstić information content (AvgIpc) is 3.34. The van der Waals surface area contributed by atoms with Crippen LogP contribution >= 0.6 is 0 Å². The van der Waals surface area contributed by atoms with E-state index in [1.165, 1.54) is 0 Å². The molecule has 62 heavy (non-hydrogen) atoms. The molecule has 0 radical (unpaired) electrons. The summed E-state index contributed by atoms with van der Waals surface area (Å²) in [5, 5.41) is 37.8. The van der Waals surface area contributed by atoms with E-state index in [-0.39, 0.29) is 13.4 Å². The number of hydrogen-bond acceptors (Lipinski definition) is 3. The summed E-state index contributed by atoms with van der Waals surface area (Å²) in [7, 11) is 0. The second-order valence-electron chi connectivity index (χ2n) is 15.5. The molecule has 0 amide bonds. The maximum absolute atomic E-state index is 10.6. The van der Waals surface area contributed by atoms with Gasteiger partial charge in [0.05, 0.1) is 35.9 Å². The van der Waals surface area contributed by atoms with E-state index in [1.807, 2.05) is 24.3 Å². The van der Waals surface area contributed by atoms with Crippen LogP contribution in [0.5, 0.6) is 0 Å². The van der Waals surface area contributed by atoms with Crippen LogP contribution in [0.3, 0.4) is 0 Å². The fourth-order valence-electron chi connectivity index (χ4n) is 9.66. The van der Waals surface area contributed by atoms with Crippen LogP contribution in [0.15, 0.2) is 194 Å². The maximum atomic E-state index is 10.6. The third-order valence-electron chi connectivity index (χ3n) is 12.2. The highest BCUT2D eigenvalue weighted by atomic mass is 14.6. The lowest BCUT2D eigenvalue weighted by Crippen LogP contribution is -2.52. The van der Waals surface area contributed by atoms with Crippen molar-refractivity contribution < 1.29 is 0 Å². The summed E-state index contributed by atoms with van der Waals surface area (Å²) in [6.07, 6.45) is 0. The monoisotopic (exact) mass is 782 g/mol. The Hall–Kier alpha value is -8.67. The fraction of sp³-hybridized carbons (Fsp3) is 0. The van der Waals surface area contributed by atoms with Gasteiger partial charge in [0.15, 0.2) is 5.69 Å². The Labute approximate surface area is 361 Å². The van der Waals surface area contributed by atoms with Crippen molar-refractivity contribution in [1.82, 2.24) is 0 Å².